The van der Waals surface area contributed by atoms with Crippen LogP contribution in [-0.4, -0.2) is 18.0 Å². The fraction of sp³-hybridized carbons (Fsp3) is 0.429. The quantitative estimate of drug-likeness (QED) is 0.857. The van der Waals surface area contributed by atoms with Crippen LogP contribution in [0.15, 0.2) is 24.3 Å². The minimum Gasteiger partial charge on any atom is -0.444 e. The van der Waals surface area contributed by atoms with Gasteiger partial charge in [-0.1, -0.05) is 12.1 Å². The summed E-state index contributed by atoms with van der Waals surface area (Å²) in [5.41, 5.74) is -1.43. The van der Waals surface area contributed by atoms with E-state index in [-0.39, 0.29) is 0 Å². The molecule has 19 heavy (non-hydrogen) atoms. The number of ether oxygens (including phenoxy) is 1. The van der Waals surface area contributed by atoms with Crippen LogP contribution in [0, 0.1) is 5.82 Å². The van der Waals surface area contributed by atoms with E-state index in [9.17, 15) is 14.0 Å². The average molecular weight is 267 g/mol. The topological polar surface area (TPSA) is 55.4 Å². The number of hydrogen-bond donors (Lipinski definition) is 1. The number of carbonyl (C=O) groups excluding carboxylic acids is 2. The second-order valence-electron chi connectivity index (χ2n) is 5.45. The van der Waals surface area contributed by atoms with Gasteiger partial charge >= 0.3 is 6.09 Å². The third-order valence-corrected chi connectivity index (χ3v) is 2.44. The monoisotopic (exact) mass is 267 g/mol. The molecule has 104 valence electrons. The molecule has 0 saturated heterocycles. The molecule has 4 nitrogen and oxygen atoms in total. The SMILES string of the molecule is CC(C)(C)OC(=O)NC(C)(C=O)c1ccc(F)cc1. The summed E-state index contributed by atoms with van der Waals surface area (Å²) in [4.78, 5) is 23.0. The summed E-state index contributed by atoms with van der Waals surface area (Å²) in [6.07, 6.45) is -0.115. The molecule has 0 aliphatic rings. The standard InChI is InChI=1S/C14H18FNO3/c1-13(2,3)19-12(18)16-14(4,9-17)10-5-7-11(15)8-6-10/h5-9H,1-4H3,(H,16,18). The third kappa shape index (κ3) is 4.35. The molecule has 0 saturated carbocycles. The van der Waals surface area contributed by atoms with Crippen LogP contribution < -0.4 is 5.32 Å². The molecule has 1 rings (SSSR count). The van der Waals surface area contributed by atoms with Crippen molar-refractivity contribution in [3.8, 4) is 0 Å². The summed E-state index contributed by atoms with van der Waals surface area (Å²) in [6, 6.07) is 5.35. The van der Waals surface area contributed by atoms with E-state index in [1.807, 2.05) is 0 Å². The second-order valence-corrected chi connectivity index (χ2v) is 5.45. The van der Waals surface area contributed by atoms with Crippen LogP contribution in [-0.2, 0) is 15.1 Å². The zero-order valence-electron chi connectivity index (χ0n) is 11.5. The minimum atomic E-state index is -1.25. The van der Waals surface area contributed by atoms with Gasteiger partial charge in [-0.3, -0.25) is 0 Å². The van der Waals surface area contributed by atoms with Crippen molar-refractivity contribution in [3.05, 3.63) is 35.6 Å². The van der Waals surface area contributed by atoms with Gasteiger partial charge in [-0.2, -0.15) is 0 Å². The summed E-state index contributed by atoms with van der Waals surface area (Å²) in [7, 11) is 0. The molecule has 0 radical (unpaired) electrons. The Labute approximate surface area is 112 Å². The van der Waals surface area contributed by atoms with Crippen molar-refractivity contribution in [2.24, 2.45) is 0 Å². The van der Waals surface area contributed by atoms with Crippen LogP contribution >= 0.6 is 0 Å². The lowest BCUT2D eigenvalue weighted by Gasteiger charge is -2.27. The summed E-state index contributed by atoms with van der Waals surface area (Å²) in [5, 5.41) is 2.48. The highest BCUT2D eigenvalue weighted by molar-refractivity contribution is 5.77. The van der Waals surface area contributed by atoms with E-state index in [1.165, 1.54) is 31.2 Å². The summed E-state index contributed by atoms with van der Waals surface area (Å²) in [5.74, 6) is -0.408. The Kier molecular flexibility index (Phi) is 4.29. The molecular formula is C14H18FNO3. The van der Waals surface area contributed by atoms with Crippen LogP contribution in [0.5, 0.6) is 0 Å². The van der Waals surface area contributed by atoms with E-state index in [0.717, 1.165) is 0 Å². The van der Waals surface area contributed by atoms with E-state index in [1.54, 1.807) is 20.8 Å². The lowest BCUT2D eigenvalue weighted by Crippen LogP contribution is -2.46. The molecule has 1 N–H and O–H groups in total. The number of carbonyl (C=O) groups is 2. The van der Waals surface area contributed by atoms with Gasteiger partial charge < -0.3 is 14.8 Å². The van der Waals surface area contributed by atoms with Crippen molar-refractivity contribution >= 4 is 12.4 Å². The highest BCUT2D eigenvalue weighted by Gasteiger charge is 2.30. The Morgan fingerprint density at radius 2 is 1.74 bits per heavy atom. The Hall–Kier alpha value is -1.91. The summed E-state index contributed by atoms with van der Waals surface area (Å²) < 4.78 is 18.0. The first kappa shape index (κ1) is 15.1. The molecule has 0 fully saturated rings. The molecule has 0 aliphatic heterocycles. The number of aldehydes is 1. The van der Waals surface area contributed by atoms with Crippen molar-refractivity contribution in [1.82, 2.24) is 5.32 Å². The highest BCUT2D eigenvalue weighted by Crippen LogP contribution is 2.19. The van der Waals surface area contributed by atoms with Gasteiger partial charge in [0.2, 0.25) is 0 Å². The van der Waals surface area contributed by atoms with Gasteiger partial charge in [-0.15, -0.1) is 0 Å². The zero-order valence-corrected chi connectivity index (χ0v) is 11.5. The third-order valence-electron chi connectivity index (χ3n) is 2.44. The Bertz CT molecular complexity index is 465. The lowest BCUT2D eigenvalue weighted by molar-refractivity contribution is -0.113. The molecule has 0 spiro atoms. The minimum absolute atomic E-state index is 0.408. The Morgan fingerprint density at radius 3 is 2.16 bits per heavy atom. The van der Waals surface area contributed by atoms with Gasteiger partial charge in [0.15, 0.2) is 0 Å². The predicted octanol–water partition coefficient (Wildman–Crippen LogP) is 2.76. The molecular weight excluding hydrogens is 249 g/mol. The Morgan fingerprint density at radius 1 is 1.21 bits per heavy atom. The van der Waals surface area contributed by atoms with E-state index in [4.69, 9.17) is 4.74 Å². The van der Waals surface area contributed by atoms with Crippen LogP contribution in [0.25, 0.3) is 0 Å². The molecule has 1 aromatic rings. The van der Waals surface area contributed by atoms with E-state index in [2.05, 4.69) is 5.32 Å². The smallest absolute Gasteiger partial charge is 0.408 e. The number of hydrogen-bond acceptors (Lipinski definition) is 3. The number of halogens is 1. The first-order chi connectivity index (χ1) is 8.66. The molecule has 5 heteroatoms. The Balaban J connectivity index is 2.89. The first-order valence-electron chi connectivity index (χ1n) is 5.90. The molecule has 1 atom stereocenters. The maximum Gasteiger partial charge on any atom is 0.408 e. The van der Waals surface area contributed by atoms with Gasteiger partial charge in [0, 0.05) is 0 Å². The molecule has 0 bridgehead atoms. The van der Waals surface area contributed by atoms with E-state index < -0.39 is 23.1 Å². The van der Waals surface area contributed by atoms with Gasteiger partial charge in [0.1, 0.15) is 23.2 Å². The number of amides is 1. The number of benzene rings is 1. The maximum atomic E-state index is 12.9. The molecule has 0 aliphatic carbocycles. The number of nitrogens with one attached hydrogen (secondary N) is 1. The predicted molar refractivity (Wildman–Crippen MR) is 69.2 cm³/mol. The maximum absolute atomic E-state index is 12.9. The first-order valence-corrected chi connectivity index (χ1v) is 5.90. The van der Waals surface area contributed by atoms with Gasteiger partial charge in [0.25, 0.3) is 0 Å². The van der Waals surface area contributed by atoms with Crippen molar-refractivity contribution in [3.63, 3.8) is 0 Å². The fourth-order valence-electron chi connectivity index (χ4n) is 1.48. The van der Waals surface area contributed by atoms with Crippen molar-refractivity contribution in [2.75, 3.05) is 0 Å². The van der Waals surface area contributed by atoms with Gasteiger partial charge in [-0.25, -0.2) is 9.18 Å². The molecule has 1 unspecified atom stereocenters. The van der Waals surface area contributed by atoms with Crippen LogP contribution in [0.1, 0.15) is 33.3 Å². The van der Waals surface area contributed by atoms with E-state index in [0.29, 0.717) is 11.8 Å². The summed E-state index contributed by atoms with van der Waals surface area (Å²) in [6.45, 7) is 6.70. The molecule has 1 aromatic carbocycles. The molecule has 0 heterocycles. The normalized spacial score (nSPS) is 14.4. The lowest BCUT2D eigenvalue weighted by atomic mass is 9.94. The average Bonchev–Trinajstić information content (AvgIpc) is 2.26. The van der Waals surface area contributed by atoms with Crippen molar-refractivity contribution in [1.29, 1.82) is 0 Å². The molecule has 1 amide bonds. The number of alkyl carbamates (subject to hydrolysis) is 1. The van der Waals surface area contributed by atoms with Crippen molar-refractivity contribution < 1.29 is 18.7 Å². The number of rotatable bonds is 3. The second kappa shape index (κ2) is 5.38. The van der Waals surface area contributed by atoms with Gasteiger partial charge in [-0.05, 0) is 45.4 Å². The summed E-state index contributed by atoms with van der Waals surface area (Å²) >= 11 is 0. The highest BCUT2D eigenvalue weighted by atomic mass is 19.1. The zero-order chi connectivity index (χ0) is 14.7. The van der Waals surface area contributed by atoms with Crippen LogP contribution in [0.3, 0.4) is 0 Å². The van der Waals surface area contributed by atoms with Crippen LogP contribution in [0.2, 0.25) is 0 Å². The molecule has 0 aromatic heterocycles. The largest absolute Gasteiger partial charge is 0.444 e. The van der Waals surface area contributed by atoms with Crippen molar-refractivity contribution in [2.45, 2.75) is 38.8 Å². The van der Waals surface area contributed by atoms with Gasteiger partial charge in [0.05, 0.1) is 0 Å². The van der Waals surface area contributed by atoms with E-state index >= 15 is 0 Å². The van der Waals surface area contributed by atoms with Crippen LogP contribution in [0.4, 0.5) is 9.18 Å². The fourth-order valence-corrected chi connectivity index (χ4v) is 1.48.